The molecule has 1 aliphatic heterocycles. The zero-order valence-corrected chi connectivity index (χ0v) is 10.2. The van der Waals surface area contributed by atoms with Gasteiger partial charge in [0.05, 0.1) is 0 Å². The summed E-state index contributed by atoms with van der Waals surface area (Å²) in [5.74, 6) is 1.97. The SMILES string of the molecule is CC.CN=C(C)N=C(C)N1CCCC1. The van der Waals surface area contributed by atoms with E-state index in [1.807, 2.05) is 20.8 Å². The van der Waals surface area contributed by atoms with Gasteiger partial charge in [-0.2, -0.15) is 0 Å². The minimum atomic E-state index is 0.861. The summed E-state index contributed by atoms with van der Waals surface area (Å²) in [6.07, 6.45) is 2.60. The van der Waals surface area contributed by atoms with Gasteiger partial charge in [-0.3, -0.25) is 4.99 Å². The van der Waals surface area contributed by atoms with Crippen LogP contribution in [0.5, 0.6) is 0 Å². The smallest absolute Gasteiger partial charge is 0.121 e. The molecule has 0 spiro atoms. The highest BCUT2D eigenvalue weighted by atomic mass is 15.2. The molecule has 0 radical (unpaired) electrons. The van der Waals surface area contributed by atoms with Gasteiger partial charge in [-0.05, 0) is 26.7 Å². The molecule has 0 aliphatic carbocycles. The average Bonchev–Trinajstić information content (AvgIpc) is 2.73. The Morgan fingerprint density at radius 2 is 1.57 bits per heavy atom. The quantitative estimate of drug-likeness (QED) is 0.433. The van der Waals surface area contributed by atoms with Crippen LogP contribution in [0.4, 0.5) is 0 Å². The van der Waals surface area contributed by atoms with Gasteiger partial charge in [0.15, 0.2) is 0 Å². The van der Waals surface area contributed by atoms with Gasteiger partial charge >= 0.3 is 0 Å². The van der Waals surface area contributed by atoms with Crippen molar-refractivity contribution in [3.8, 4) is 0 Å². The lowest BCUT2D eigenvalue weighted by Gasteiger charge is -2.15. The van der Waals surface area contributed by atoms with E-state index in [0.717, 1.165) is 24.8 Å². The lowest BCUT2D eigenvalue weighted by Crippen LogP contribution is -2.25. The normalized spacial score (nSPS) is 17.9. The molecule has 3 heteroatoms. The summed E-state index contributed by atoms with van der Waals surface area (Å²) in [6, 6.07) is 0. The van der Waals surface area contributed by atoms with Crippen molar-refractivity contribution in [1.29, 1.82) is 0 Å². The van der Waals surface area contributed by atoms with Crippen molar-refractivity contribution in [1.82, 2.24) is 4.90 Å². The monoisotopic (exact) mass is 197 g/mol. The molecule has 0 amide bonds. The third-order valence-corrected chi connectivity index (χ3v) is 2.21. The van der Waals surface area contributed by atoms with Crippen LogP contribution in [0.3, 0.4) is 0 Å². The fourth-order valence-corrected chi connectivity index (χ4v) is 1.40. The molecule has 82 valence electrons. The Balaban J connectivity index is 0.000000791. The van der Waals surface area contributed by atoms with Crippen LogP contribution in [0, 0.1) is 0 Å². The van der Waals surface area contributed by atoms with E-state index in [9.17, 15) is 0 Å². The second-order valence-corrected chi connectivity index (χ2v) is 3.12. The van der Waals surface area contributed by atoms with Crippen molar-refractivity contribution in [3.05, 3.63) is 0 Å². The first-order valence-electron chi connectivity index (χ1n) is 5.47. The van der Waals surface area contributed by atoms with Crippen molar-refractivity contribution >= 4 is 11.7 Å². The molecular formula is C11H23N3. The molecule has 1 saturated heterocycles. The van der Waals surface area contributed by atoms with E-state index in [1.165, 1.54) is 12.8 Å². The highest BCUT2D eigenvalue weighted by Gasteiger charge is 2.12. The third-order valence-electron chi connectivity index (χ3n) is 2.21. The van der Waals surface area contributed by atoms with E-state index in [-0.39, 0.29) is 0 Å². The summed E-state index contributed by atoms with van der Waals surface area (Å²) >= 11 is 0. The Morgan fingerprint density at radius 1 is 1.07 bits per heavy atom. The van der Waals surface area contributed by atoms with Gasteiger partial charge < -0.3 is 4.90 Å². The average molecular weight is 197 g/mol. The Labute approximate surface area is 87.9 Å². The van der Waals surface area contributed by atoms with E-state index >= 15 is 0 Å². The van der Waals surface area contributed by atoms with Crippen LogP contribution in [-0.2, 0) is 0 Å². The van der Waals surface area contributed by atoms with Gasteiger partial charge in [0.25, 0.3) is 0 Å². The fourth-order valence-electron chi connectivity index (χ4n) is 1.40. The number of rotatable bonds is 0. The van der Waals surface area contributed by atoms with Crippen LogP contribution < -0.4 is 0 Å². The van der Waals surface area contributed by atoms with E-state index in [4.69, 9.17) is 0 Å². The highest BCUT2D eigenvalue weighted by molar-refractivity contribution is 5.94. The summed E-state index contributed by atoms with van der Waals surface area (Å²) in [6.45, 7) is 10.3. The minimum Gasteiger partial charge on any atom is -0.360 e. The van der Waals surface area contributed by atoms with Crippen molar-refractivity contribution in [2.24, 2.45) is 9.98 Å². The largest absolute Gasteiger partial charge is 0.360 e. The molecule has 0 aromatic carbocycles. The minimum absolute atomic E-state index is 0.861. The van der Waals surface area contributed by atoms with Gasteiger partial charge in [0.1, 0.15) is 11.7 Å². The van der Waals surface area contributed by atoms with E-state index in [2.05, 4.69) is 21.8 Å². The van der Waals surface area contributed by atoms with Gasteiger partial charge in [-0.15, -0.1) is 0 Å². The van der Waals surface area contributed by atoms with E-state index in [0.29, 0.717) is 0 Å². The molecule has 1 fully saturated rings. The maximum atomic E-state index is 4.37. The van der Waals surface area contributed by atoms with Crippen molar-refractivity contribution in [2.45, 2.75) is 40.5 Å². The standard InChI is InChI=1S/C9H17N3.C2H6/c1-8(10-3)11-9(2)12-6-4-5-7-12;1-2/h4-7H2,1-3H3;1-2H3. The molecule has 0 atom stereocenters. The van der Waals surface area contributed by atoms with Gasteiger partial charge in [0.2, 0.25) is 0 Å². The van der Waals surface area contributed by atoms with Crippen LogP contribution in [-0.4, -0.2) is 36.7 Å². The van der Waals surface area contributed by atoms with Crippen LogP contribution in [0.15, 0.2) is 9.98 Å². The molecular weight excluding hydrogens is 174 g/mol. The number of hydrogen-bond acceptors (Lipinski definition) is 1. The molecule has 1 aliphatic rings. The van der Waals surface area contributed by atoms with Gasteiger partial charge in [-0.25, -0.2) is 4.99 Å². The predicted octanol–water partition coefficient (Wildman–Crippen LogP) is 2.58. The number of amidine groups is 2. The first-order valence-corrected chi connectivity index (χ1v) is 5.47. The molecule has 0 aromatic heterocycles. The second-order valence-electron chi connectivity index (χ2n) is 3.12. The number of hydrogen-bond donors (Lipinski definition) is 0. The van der Waals surface area contributed by atoms with Crippen molar-refractivity contribution in [3.63, 3.8) is 0 Å². The fraction of sp³-hybridized carbons (Fsp3) is 0.818. The molecule has 0 saturated carbocycles. The van der Waals surface area contributed by atoms with Crippen LogP contribution >= 0.6 is 0 Å². The zero-order chi connectivity index (χ0) is 11.0. The maximum Gasteiger partial charge on any atom is 0.121 e. The van der Waals surface area contributed by atoms with Crippen LogP contribution in [0.1, 0.15) is 40.5 Å². The van der Waals surface area contributed by atoms with Crippen molar-refractivity contribution < 1.29 is 0 Å². The molecule has 3 nitrogen and oxygen atoms in total. The molecule has 0 bridgehead atoms. The zero-order valence-electron chi connectivity index (χ0n) is 10.2. The van der Waals surface area contributed by atoms with Crippen LogP contribution in [0.2, 0.25) is 0 Å². The molecule has 0 N–H and O–H groups in total. The second kappa shape index (κ2) is 7.54. The number of aliphatic imine (C=N–C) groups is 2. The third kappa shape index (κ3) is 4.40. The number of likely N-dealkylation sites (tertiary alicyclic amines) is 1. The Morgan fingerprint density at radius 3 is 2.00 bits per heavy atom. The highest BCUT2D eigenvalue weighted by Crippen LogP contribution is 2.07. The van der Waals surface area contributed by atoms with Gasteiger partial charge in [-0.1, -0.05) is 13.8 Å². The Hall–Kier alpha value is -0.860. The first kappa shape index (κ1) is 13.1. The topological polar surface area (TPSA) is 28.0 Å². The summed E-state index contributed by atoms with van der Waals surface area (Å²) in [4.78, 5) is 10.7. The summed E-state index contributed by atoms with van der Waals surface area (Å²) in [5.41, 5.74) is 0. The summed E-state index contributed by atoms with van der Waals surface area (Å²) in [5, 5.41) is 0. The Bertz CT molecular complexity index is 201. The molecule has 14 heavy (non-hydrogen) atoms. The molecule has 1 heterocycles. The molecule has 0 unspecified atom stereocenters. The van der Waals surface area contributed by atoms with Gasteiger partial charge in [0, 0.05) is 20.1 Å². The van der Waals surface area contributed by atoms with E-state index in [1.54, 1.807) is 7.05 Å². The maximum absolute atomic E-state index is 4.37. The predicted molar refractivity (Wildman–Crippen MR) is 64.3 cm³/mol. The lowest BCUT2D eigenvalue weighted by atomic mass is 10.4. The van der Waals surface area contributed by atoms with Crippen LogP contribution in [0.25, 0.3) is 0 Å². The molecule has 1 rings (SSSR count). The van der Waals surface area contributed by atoms with E-state index < -0.39 is 0 Å². The first-order chi connectivity index (χ1) is 6.74. The number of nitrogens with zero attached hydrogens (tertiary/aromatic N) is 3. The summed E-state index contributed by atoms with van der Waals surface area (Å²) < 4.78 is 0. The molecule has 0 aromatic rings. The van der Waals surface area contributed by atoms with Crippen molar-refractivity contribution in [2.75, 3.05) is 20.1 Å². The summed E-state index contributed by atoms with van der Waals surface area (Å²) in [7, 11) is 1.77. The lowest BCUT2D eigenvalue weighted by molar-refractivity contribution is 0.517. The Kier molecular flexibility index (Phi) is 7.07.